The van der Waals surface area contributed by atoms with Gasteiger partial charge >= 0.3 is 0 Å². The average Bonchev–Trinajstić information content (AvgIpc) is 2.48. The van der Waals surface area contributed by atoms with Crippen LogP contribution in [-0.2, 0) is 10.2 Å². The summed E-state index contributed by atoms with van der Waals surface area (Å²) < 4.78 is 29.8. The van der Waals surface area contributed by atoms with Crippen LogP contribution in [0.2, 0.25) is 0 Å². The number of nitrogens with zero attached hydrogens (tertiary/aromatic N) is 2. The Balaban J connectivity index is 2.06. The zero-order chi connectivity index (χ0) is 17.9. The molecule has 5 nitrogen and oxygen atoms in total. The maximum absolute atomic E-state index is 12.7. The van der Waals surface area contributed by atoms with Gasteiger partial charge < -0.3 is 4.90 Å². The normalized spacial score (nSPS) is 24.2. The molecule has 1 aromatic carbocycles. The smallest absolute Gasteiger partial charge is 0.279 e. The van der Waals surface area contributed by atoms with E-state index in [2.05, 4.69) is 54.7 Å². The summed E-state index contributed by atoms with van der Waals surface area (Å²) in [6.07, 6.45) is 1.09. The Morgan fingerprint density at radius 3 is 2.21 bits per heavy atom. The molecule has 3 atom stereocenters. The molecule has 0 radical (unpaired) electrons. The molecule has 136 valence electrons. The summed E-state index contributed by atoms with van der Waals surface area (Å²) in [5, 5.41) is 0. The first-order valence-electron chi connectivity index (χ1n) is 8.66. The molecule has 1 heterocycles. The number of nitrogens with one attached hydrogen (secondary N) is 1. The molecule has 0 amide bonds. The lowest BCUT2D eigenvalue weighted by Crippen LogP contribution is -2.49. The van der Waals surface area contributed by atoms with E-state index < -0.39 is 10.2 Å². The highest BCUT2D eigenvalue weighted by Crippen LogP contribution is 2.23. The quantitative estimate of drug-likeness (QED) is 0.854. The second-order valence-electron chi connectivity index (χ2n) is 7.51. The molecule has 1 saturated heterocycles. The highest BCUT2D eigenvalue weighted by atomic mass is 32.2. The van der Waals surface area contributed by atoms with Crippen molar-refractivity contribution in [3.05, 3.63) is 35.4 Å². The second kappa shape index (κ2) is 7.95. The van der Waals surface area contributed by atoms with Crippen molar-refractivity contribution in [3.63, 3.8) is 0 Å². The van der Waals surface area contributed by atoms with Gasteiger partial charge in [-0.3, -0.25) is 0 Å². The van der Waals surface area contributed by atoms with Gasteiger partial charge in [0.2, 0.25) is 0 Å². The minimum Gasteiger partial charge on any atom is -0.301 e. The summed E-state index contributed by atoms with van der Waals surface area (Å²) >= 11 is 0. The Kier molecular flexibility index (Phi) is 6.42. The van der Waals surface area contributed by atoms with Gasteiger partial charge in [0.05, 0.1) is 0 Å². The van der Waals surface area contributed by atoms with Crippen molar-refractivity contribution in [2.24, 2.45) is 11.8 Å². The van der Waals surface area contributed by atoms with Crippen LogP contribution in [0.1, 0.15) is 37.4 Å². The van der Waals surface area contributed by atoms with Crippen LogP contribution in [0.3, 0.4) is 0 Å². The second-order valence-corrected chi connectivity index (χ2v) is 9.26. The van der Waals surface area contributed by atoms with Crippen molar-refractivity contribution in [1.82, 2.24) is 13.9 Å². The summed E-state index contributed by atoms with van der Waals surface area (Å²) in [7, 11) is 0.515. The van der Waals surface area contributed by atoms with Crippen molar-refractivity contribution in [1.29, 1.82) is 0 Å². The summed E-state index contributed by atoms with van der Waals surface area (Å²) in [5.41, 5.74) is 2.32. The highest BCUT2D eigenvalue weighted by Gasteiger charge is 2.31. The molecule has 1 aliphatic heterocycles. The molecule has 1 aromatic rings. The molecule has 1 fully saturated rings. The Morgan fingerprint density at radius 2 is 1.71 bits per heavy atom. The number of likely N-dealkylation sites (N-methyl/N-ethyl adjacent to an activating group) is 1. The molecular formula is C18H31N3O2S. The van der Waals surface area contributed by atoms with E-state index in [-0.39, 0.29) is 6.04 Å². The molecule has 2 rings (SSSR count). The fourth-order valence-corrected chi connectivity index (χ4v) is 4.92. The van der Waals surface area contributed by atoms with E-state index in [0.717, 1.165) is 12.0 Å². The summed E-state index contributed by atoms with van der Waals surface area (Å²) in [6.45, 7) is 7.88. The third-order valence-electron chi connectivity index (χ3n) is 4.72. The third kappa shape index (κ3) is 5.02. The van der Waals surface area contributed by atoms with Gasteiger partial charge in [-0.15, -0.1) is 0 Å². The number of rotatable bonds is 6. The molecular weight excluding hydrogens is 322 g/mol. The monoisotopic (exact) mass is 353 g/mol. The van der Waals surface area contributed by atoms with Gasteiger partial charge in [-0.2, -0.15) is 12.7 Å². The predicted molar refractivity (Wildman–Crippen MR) is 99.0 cm³/mol. The number of hydrogen-bond acceptors (Lipinski definition) is 3. The van der Waals surface area contributed by atoms with Crippen LogP contribution in [0, 0.1) is 18.8 Å². The number of aryl methyl sites for hydroxylation is 1. The largest absolute Gasteiger partial charge is 0.301 e. The maximum atomic E-state index is 12.7. The standard InChI is InChI=1S/C18H31N3O2S/c1-14-6-8-17(9-7-14)18(20(4)5)11-19-24(22,23)21-12-15(2)10-16(3)13-21/h6-9,15-16,18-19H,10-13H2,1-5H3. The zero-order valence-corrected chi connectivity index (χ0v) is 16.3. The molecule has 0 bridgehead atoms. The van der Waals surface area contributed by atoms with E-state index in [0.29, 0.717) is 31.5 Å². The number of benzene rings is 1. The van der Waals surface area contributed by atoms with Crippen molar-refractivity contribution < 1.29 is 8.42 Å². The number of piperidine rings is 1. The van der Waals surface area contributed by atoms with Gasteiger partial charge in [-0.05, 0) is 44.8 Å². The molecule has 1 aliphatic rings. The van der Waals surface area contributed by atoms with Gasteiger partial charge in [-0.25, -0.2) is 4.72 Å². The van der Waals surface area contributed by atoms with Gasteiger partial charge in [0, 0.05) is 25.7 Å². The molecule has 24 heavy (non-hydrogen) atoms. The Bertz CT molecular complexity index is 618. The molecule has 3 unspecified atom stereocenters. The lowest BCUT2D eigenvalue weighted by Gasteiger charge is -2.34. The average molecular weight is 354 g/mol. The Labute approximate surface area is 147 Å². The topological polar surface area (TPSA) is 52.7 Å². The first-order chi connectivity index (χ1) is 11.2. The Hall–Kier alpha value is -0.950. The van der Waals surface area contributed by atoms with E-state index in [9.17, 15) is 8.42 Å². The Morgan fingerprint density at radius 1 is 1.17 bits per heavy atom. The van der Waals surface area contributed by atoms with E-state index in [1.807, 2.05) is 14.1 Å². The van der Waals surface area contributed by atoms with Crippen LogP contribution in [0.25, 0.3) is 0 Å². The first-order valence-corrected chi connectivity index (χ1v) is 10.1. The van der Waals surface area contributed by atoms with Crippen LogP contribution in [0.15, 0.2) is 24.3 Å². The van der Waals surface area contributed by atoms with Crippen molar-refractivity contribution in [2.45, 2.75) is 33.2 Å². The van der Waals surface area contributed by atoms with Crippen molar-refractivity contribution in [2.75, 3.05) is 33.7 Å². The van der Waals surface area contributed by atoms with Crippen LogP contribution in [0.4, 0.5) is 0 Å². The van der Waals surface area contributed by atoms with Crippen LogP contribution < -0.4 is 4.72 Å². The SMILES string of the molecule is Cc1ccc(C(CNS(=O)(=O)N2CC(C)CC(C)C2)N(C)C)cc1. The zero-order valence-electron chi connectivity index (χ0n) is 15.5. The lowest BCUT2D eigenvalue weighted by atomic mass is 9.94. The predicted octanol–water partition coefficient (Wildman–Crippen LogP) is 2.41. The third-order valence-corrected chi connectivity index (χ3v) is 6.23. The minimum atomic E-state index is -3.44. The van der Waals surface area contributed by atoms with E-state index in [1.165, 1.54) is 5.56 Å². The van der Waals surface area contributed by atoms with Crippen LogP contribution >= 0.6 is 0 Å². The van der Waals surface area contributed by atoms with Crippen molar-refractivity contribution in [3.8, 4) is 0 Å². The van der Waals surface area contributed by atoms with Gasteiger partial charge in [-0.1, -0.05) is 43.7 Å². The molecule has 0 saturated carbocycles. The molecule has 0 aromatic heterocycles. The summed E-state index contributed by atoms with van der Waals surface area (Å²) in [6, 6.07) is 8.28. The van der Waals surface area contributed by atoms with E-state index in [4.69, 9.17) is 0 Å². The fraction of sp³-hybridized carbons (Fsp3) is 0.667. The molecule has 1 N–H and O–H groups in total. The van der Waals surface area contributed by atoms with Gasteiger partial charge in [0.25, 0.3) is 10.2 Å². The molecule has 6 heteroatoms. The van der Waals surface area contributed by atoms with Gasteiger partial charge in [0.15, 0.2) is 0 Å². The summed E-state index contributed by atoms with van der Waals surface area (Å²) in [5.74, 6) is 0.819. The van der Waals surface area contributed by atoms with E-state index in [1.54, 1.807) is 4.31 Å². The van der Waals surface area contributed by atoms with Gasteiger partial charge in [0.1, 0.15) is 0 Å². The lowest BCUT2D eigenvalue weighted by molar-refractivity contribution is 0.219. The van der Waals surface area contributed by atoms with Crippen LogP contribution in [-0.4, -0.2) is 51.4 Å². The number of hydrogen-bond donors (Lipinski definition) is 1. The summed E-state index contributed by atoms with van der Waals surface area (Å²) in [4.78, 5) is 2.05. The first kappa shape index (κ1) is 19.4. The highest BCUT2D eigenvalue weighted by molar-refractivity contribution is 7.87. The maximum Gasteiger partial charge on any atom is 0.279 e. The van der Waals surface area contributed by atoms with Crippen molar-refractivity contribution >= 4 is 10.2 Å². The molecule has 0 spiro atoms. The fourth-order valence-electron chi connectivity index (χ4n) is 3.46. The van der Waals surface area contributed by atoms with E-state index >= 15 is 0 Å². The van der Waals surface area contributed by atoms with Crippen LogP contribution in [0.5, 0.6) is 0 Å². The molecule has 0 aliphatic carbocycles. The minimum absolute atomic E-state index is 0.0139.